The van der Waals surface area contributed by atoms with Gasteiger partial charge < -0.3 is 20.3 Å². The molecular formula is C53H95NO5. The molecule has 342 valence electrons. The molecule has 59 heavy (non-hydrogen) atoms. The summed E-state index contributed by atoms with van der Waals surface area (Å²) in [5.41, 5.74) is 0. The molecule has 0 aliphatic rings. The van der Waals surface area contributed by atoms with E-state index < -0.39 is 18.2 Å². The van der Waals surface area contributed by atoms with Crippen molar-refractivity contribution in [3.8, 4) is 0 Å². The zero-order chi connectivity index (χ0) is 43.1. The van der Waals surface area contributed by atoms with Gasteiger partial charge in [0.05, 0.1) is 25.2 Å². The van der Waals surface area contributed by atoms with E-state index in [9.17, 15) is 19.8 Å². The van der Waals surface area contributed by atoms with E-state index in [2.05, 4.69) is 80.8 Å². The summed E-state index contributed by atoms with van der Waals surface area (Å²) in [4.78, 5) is 26.0. The van der Waals surface area contributed by atoms with Gasteiger partial charge >= 0.3 is 5.97 Å². The summed E-state index contributed by atoms with van der Waals surface area (Å²) in [7, 11) is 0. The van der Waals surface area contributed by atoms with E-state index in [1.165, 1.54) is 122 Å². The number of esters is 1. The predicted octanol–water partition coefficient (Wildman–Crippen LogP) is 14.8. The number of amides is 1. The SMILES string of the molecule is CCCCCCC/C=C/C=C/C=C/CCCCCC(CC(=O)NC(CO)C(O)CCCCCCCCCCCCC)OC(=O)CC/C=C/C/C=C\CCCCCCCC. The van der Waals surface area contributed by atoms with Crippen molar-refractivity contribution < 1.29 is 24.5 Å². The van der Waals surface area contributed by atoms with Gasteiger partial charge in [0.2, 0.25) is 5.91 Å². The molecule has 0 saturated carbocycles. The third-order valence-electron chi connectivity index (χ3n) is 11.1. The number of hydrogen-bond donors (Lipinski definition) is 3. The van der Waals surface area contributed by atoms with Crippen molar-refractivity contribution in [2.45, 2.75) is 257 Å². The lowest BCUT2D eigenvalue weighted by molar-refractivity contribution is -0.150. The Morgan fingerprint density at radius 2 is 0.932 bits per heavy atom. The van der Waals surface area contributed by atoms with Crippen LogP contribution in [-0.4, -0.2) is 46.9 Å². The Bertz CT molecular complexity index is 1060. The number of aliphatic hydroxyl groups is 2. The molecule has 3 N–H and O–H groups in total. The fourth-order valence-electron chi connectivity index (χ4n) is 7.31. The van der Waals surface area contributed by atoms with Gasteiger partial charge in [0, 0.05) is 6.42 Å². The van der Waals surface area contributed by atoms with Crippen LogP contribution in [0, 0.1) is 0 Å². The first-order valence-corrected chi connectivity index (χ1v) is 25.0. The largest absolute Gasteiger partial charge is 0.462 e. The molecule has 0 spiro atoms. The first-order chi connectivity index (χ1) is 29.0. The van der Waals surface area contributed by atoms with E-state index in [1.807, 2.05) is 6.08 Å². The molecule has 0 fully saturated rings. The molecule has 0 aromatic rings. The number of unbranched alkanes of at least 4 members (excludes halogenated alkanes) is 24. The maximum absolute atomic E-state index is 13.2. The average molecular weight is 826 g/mol. The molecule has 3 unspecified atom stereocenters. The van der Waals surface area contributed by atoms with Gasteiger partial charge in [0.25, 0.3) is 0 Å². The summed E-state index contributed by atoms with van der Waals surface area (Å²) in [6.45, 7) is 6.42. The van der Waals surface area contributed by atoms with E-state index in [-0.39, 0.29) is 31.3 Å². The lowest BCUT2D eigenvalue weighted by Crippen LogP contribution is -2.46. The molecule has 3 atom stereocenters. The van der Waals surface area contributed by atoms with Crippen LogP contribution in [0.2, 0.25) is 0 Å². The summed E-state index contributed by atoms with van der Waals surface area (Å²) in [5, 5.41) is 23.7. The maximum Gasteiger partial charge on any atom is 0.306 e. The van der Waals surface area contributed by atoms with Crippen molar-refractivity contribution in [2.75, 3.05) is 6.61 Å². The van der Waals surface area contributed by atoms with E-state index in [4.69, 9.17) is 4.74 Å². The van der Waals surface area contributed by atoms with E-state index in [0.29, 0.717) is 19.3 Å². The second-order valence-corrected chi connectivity index (χ2v) is 16.9. The zero-order valence-electron chi connectivity index (χ0n) is 38.9. The minimum atomic E-state index is -0.806. The van der Waals surface area contributed by atoms with Gasteiger partial charge in [-0.05, 0) is 70.6 Å². The molecule has 6 nitrogen and oxygen atoms in total. The number of nitrogens with one attached hydrogen (secondary N) is 1. The summed E-state index contributed by atoms with van der Waals surface area (Å²) >= 11 is 0. The Morgan fingerprint density at radius 1 is 0.508 bits per heavy atom. The third kappa shape index (κ3) is 42.1. The summed E-state index contributed by atoms with van der Waals surface area (Å²) in [5.74, 6) is -0.589. The first kappa shape index (κ1) is 56.6. The monoisotopic (exact) mass is 826 g/mol. The lowest BCUT2D eigenvalue weighted by atomic mass is 10.0. The van der Waals surface area contributed by atoms with Gasteiger partial charge in [-0.15, -0.1) is 0 Å². The Balaban J connectivity index is 4.75. The second-order valence-electron chi connectivity index (χ2n) is 16.9. The molecule has 0 aliphatic carbocycles. The number of carbonyl (C=O) groups excluding carboxylic acids is 2. The predicted molar refractivity (Wildman–Crippen MR) is 255 cm³/mol. The van der Waals surface area contributed by atoms with Gasteiger partial charge in [-0.1, -0.05) is 216 Å². The summed E-state index contributed by atoms with van der Waals surface area (Å²) < 4.78 is 5.87. The average Bonchev–Trinajstić information content (AvgIpc) is 3.23. The van der Waals surface area contributed by atoms with Crippen LogP contribution in [0.4, 0.5) is 0 Å². The van der Waals surface area contributed by atoms with E-state index in [1.54, 1.807) is 0 Å². The van der Waals surface area contributed by atoms with Crippen LogP contribution in [0.3, 0.4) is 0 Å². The minimum absolute atomic E-state index is 0.0313. The van der Waals surface area contributed by atoms with Crippen LogP contribution < -0.4 is 5.32 Å². The molecule has 0 bridgehead atoms. The summed E-state index contributed by atoms with van der Waals surface area (Å²) in [6, 6.07) is -0.723. The van der Waals surface area contributed by atoms with Crippen LogP contribution in [0.25, 0.3) is 0 Å². The van der Waals surface area contributed by atoms with Crippen molar-refractivity contribution in [2.24, 2.45) is 0 Å². The smallest absolute Gasteiger partial charge is 0.306 e. The van der Waals surface area contributed by atoms with Crippen molar-refractivity contribution in [1.29, 1.82) is 0 Å². The Hall–Kier alpha value is -2.44. The Labute approximate surface area is 365 Å². The van der Waals surface area contributed by atoms with Gasteiger partial charge in [0.1, 0.15) is 6.10 Å². The highest BCUT2D eigenvalue weighted by Gasteiger charge is 2.24. The number of allylic oxidation sites excluding steroid dienone is 10. The van der Waals surface area contributed by atoms with Gasteiger partial charge in [0.15, 0.2) is 0 Å². The van der Waals surface area contributed by atoms with Crippen molar-refractivity contribution >= 4 is 11.9 Å². The fourth-order valence-corrected chi connectivity index (χ4v) is 7.31. The van der Waals surface area contributed by atoms with E-state index >= 15 is 0 Å². The number of aliphatic hydroxyl groups excluding tert-OH is 2. The van der Waals surface area contributed by atoms with Gasteiger partial charge in [-0.2, -0.15) is 0 Å². The molecule has 0 aromatic heterocycles. The Kier molecular flexibility index (Phi) is 44.7. The highest BCUT2D eigenvalue weighted by atomic mass is 16.5. The molecule has 1 amide bonds. The second kappa shape index (κ2) is 46.6. The molecular weight excluding hydrogens is 731 g/mol. The first-order valence-electron chi connectivity index (χ1n) is 25.0. The molecule has 0 rings (SSSR count). The molecule has 0 heterocycles. The van der Waals surface area contributed by atoms with Crippen molar-refractivity contribution in [1.82, 2.24) is 5.32 Å². The van der Waals surface area contributed by atoms with Crippen molar-refractivity contribution in [3.05, 3.63) is 60.8 Å². The minimum Gasteiger partial charge on any atom is -0.462 e. The number of ether oxygens (including phenoxy) is 1. The maximum atomic E-state index is 13.2. The molecule has 0 saturated heterocycles. The van der Waals surface area contributed by atoms with Crippen LogP contribution in [0.5, 0.6) is 0 Å². The zero-order valence-corrected chi connectivity index (χ0v) is 38.9. The molecule has 0 aliphatic heterocycles. The van der Waals surface area contributed by atoms with Gasteiger partial charge in [-0.25, -0.2) is 0 Å². The van der Waals surface area contributed by atoms with E-state index in [0.717, 1.165) is 64.2 Å². The van der Waals surface area contributed by atoms with Crippen molar-refractivity contribution in [3.63, 3.8) is 0 Å². The molecule has 0 aromatic carbocycles. The van der Waals surface area contributed by atoms with Crippen LogP contribution in [0.15, 0.2) is 60.8 Å². The van der Waals surface area contributed by atoms with Crippen LogP contribution in [-0.2, 0) is 14.3 Å². The number of rotatable bonds is 44. The Morgan fingerprint density at radius 3 is 1.44 bits per heavy atom. The van der Waals surface area contributed by atoms with Gasteiger partial charge in [-0.3, -0.25) is 9.59 Å². The normalized spacial score (nSPS) is 13.8. The molecule has 6 heteroatoms. The fraction of sp³-hybridized carbons (Fsp3) is 0.774. The van der Waals surface area contributed by atoms with Crippen LogP contribution >= 0.6 is 0 Å². The number of carbonyl (C=O) groups is 2. The lowest BCUT2D eigenvalue weighted by Gasteiger charge is -2.24. The standard InChI is InChI=1S/C53H95NO5/c1-4-7-10-13-16-19-22-24-25-26-28-30-32-35-38-41-44-49(59-53(58)46-43-40-37-34-31-27-23-20-17-14-11-8-5-2)47-52(57)54-50(48-55)51(56)45-42-39-36-33-29-21-18-15-12-9-6-3/h22,24-28,30-31,37,40,49-51,55-56H,4-21,23,29,32-36,38-39,41-48H2,1-3H3,(H,54,57)/b24-22+,26-25+,30-28+,31-27-,40-37+. The van der Waals surface area contributed by atoms with Crippen LogP contribution in [0.1, 0.15) is 239 Å². The third-order valence-corrected chi connectivity index (χ3v) is 11.1. The topological polar surface area (TPSA) is 95.9 Å². The highest BCUT2D eigenvalue weighted by Crippen LogP contribution is 2.16. The summed E-state index contributed by atoms with van der Waals surface area (Å²) in [6.07, 6.45) is 57.1. The number of hydrogen-bond acceptors (Lipinski definition) is 5. The molecule has 0 radical (unpaired) electrons. The quantitative estimate of drug-likeness (QED) is 0.0246. The highest BCUT2D eigenvalue weighted by molar-refractivity contribution is 5.77.